The molecule has 0 radical (unpaired) electrons. The zero-order valence-electron chi connectivity index (χ0n) is 13.7. The fraction of sp³-hybridized carbons (Fsp3) is 0.0526. The number of hydrogen-bond donors (Lipinski definition) is 1. The van der Waals surface area contributed by atoms with Gasteiger partial charge in [-0.2, -0.15) is 0 Å². The molecular formula is C19H12Cl4N2OS. The van der Waals surface area contributed by atoms with Gasteiger partial charge in [-0.25, -0.2) is 4.98 Å². The van der Waals surface area contributed by atoms with Gasteiger partial charge in [0.25, 0.3) is 0 Å². The van der Waals surface area contributed by atoms with Gasteiger partial charge in [0.15, 0.2) is 5.13 Å². The molecule has 3 nitrogen and oxygen atoms in total. The third-order valence-electron chi connectivity index (χ3n) is 3.53. The number of nitrogens with one attached hydrogen (secondary N) is 1. The predicted octanol–water partition coefficient (Wildman–Crippen LogP) is 7.00. The molecule has 27 heavy (non-hydrogen) atoms. The van der Waals surface area contributed by atoms with Crippen molar-refractivity contribution in [1.82, 2.24) is 4.98 Å². The van der Waals surface area contributed by atoms with Crippen LogP contribution < -0.4 is 5.32 Å². The van der Waals surface area contributed by atoms with Crippen LogP contribution in [0.25, 0.3) is 6.08 Å². The number of thiazole rings is 1. The molecule has 1 amide bonds. The molecule has 0 fully saturated rings. The van der Waals surface area contributed by atoms with E-state index in [1.165, 1.54) is 17.4 Å². The summed E-state index contributed by atoms with van der Waals surface area (Å²) in [7, 11) is 0. The third kappa shape index (κ3) is 5.71. The number of halogens is 4. The highest BCUT2D eigenvalue weighted by Gasteiger charge is 2.08. The molecule has 0 spiro atoms. The average Bonchev–Trinajstić information content (AvgIpc) is 3.06. The van der Waals surface area contributed by atoms with Crippen LogP contribution in [0.2, 0.25) is 20.1 Å². The summed E-state index contributed by atoms with van der Waals surface area (Å²) in [5.41, 5.74) is 1.57. The number of anilines is 1. The molecule has 3 rings (SSSR count). The Morgan fingerprint density at radius 2 is 1.74 bits per heavy atom. The van der Waals surface area contributed by atoms with Crippen LogP contribution in [0.1, 0.15) is 16.0 Å². The Morgan fingerprint density at radius 3 is 2.52 bits per heavy atom. The van der Waals surface area contributed by atoms with E-state index in [0.717, 1.165) is 10.4 Å². The van der Waals surface area contributed by atoms with Crippen molar-refractivity contribution in [3.05, 3.63) is 84.8 Å². The number of carbonyl (C=O) groups excluding carboxylic acids is 1. The van der Waals surface area contributed by atoms with Gasteiger partial charge in [-0.15, -0.1) is 11.3 Å². The van der Waals surface area contributed by atoms with Crippen LogP contribution >= 0.6 is 57.7 Å². The summed E-state index contributed by atoms with van der Waals surface area (Å²) >= 11 is 25.6. The molecule has 8 heteroatoms. The van der Waals surface area contributed by atoms with Gasteiger partial charge in [0.2, 0.25) is 5.91 Å². The first-order valence-electron chi connectivity index (χ1n) is 7.73. The lowest BCUT2D eigenvalue weighted by Gasteiger charge is -2.02. The van der Waals surface area contributed by atoms with Crippen molar-refractivity contribution in [3.8, 4) is 0 Å². The highest BCUT2D eigenvalue weighted by molar-refractivity contribution is 7.15. The number of benzene rings is 2. The first kappa shape index (κ1) is 20.2. The van der Waals surface area contributed by atoms with E-state index in [1.807, 2.05) is 6.07 Å². The van der Waals surface area contributed by atoms with Crippen LogP contribution in [-0.4, -0.2) is 10.9 Å². The molecule has 0 unspecified atom stereocenters. The zero-order chi connectivity index (χ0) is 19.4. The SMILES string of the molecule is O=C(C=Cc1cc(Cl)ccc1Cl)Nc1ncc(Cc2cc(Cl)ccc2Cl)s1. The number of aromatic nitrogens is 1. The Hall–Kier alpha value is -1.56. The lowest BCUT2D eigenvalue weighted by Crippen LogP contribution is -2.07. The van der Waals surface area contributed by atoms with Crippen LogP contribution in [0, 0.1) is 0 Å². The number of carbonyl (C=O) groups is 1. The second-order valence-corrected chi connectivity index (χ2v) is 8.34. The van der Waals surface area contributed by atoms with E-state index in [4.69, 9.17) is 46.4 Å². The van der Waals surface area contributed by atoms with Crippen molar-refractivity contribution in [2.75, 3.05) is 5.32 Å². The molecule has 1 heterocycles. The Balaban J connectivity index is 1.65. The van der Waals surface area contributed by atoms with Crippen LogP contribution in [0.15, 0.2) is 48.7 Å². The molecule has 0 bridgehead atoms. The topological polar surface area (TPSA) is 42.0 Å². The maximum atomic E-state index is 12.1. The first-order valence-corrected chi connectivity index (χ1v) is 10.1. The molecule has 3 aromatic rings. The minimum absolute atomic E-state index is 0.312. The fourth-order valence-corrected chi connectivity index (χ4v) is 3.85. The first-order chi connectivity index (χ1) is 12.9. The molecule has 0 aliphatic heterocycles. The van der Waals surface area contributed by atoms with Gasteiger partial charge >= 0.3 is 0 Å². The molecule has 0 saturated heterocycles. The van der Waals surface area contributed by atoms with Gasteiger partial charge < -0.3 is 0 Å². The van der Waals surface area contributed by atoms with Crippen molar-refractivity contribution >= 4 is 74.9 Å². The summed E-state index contributed by atoms with van der Waals surface area (Å²) in [6.07, 6.45) is 5.27. The summed E-state index contributed by atoms with van der Waals surface area (Å²) < 4.78 is 0. The van der Waals surface area contributed by atoms with Crippen molar-refractivity contribution in [1.29, 1.82) is 0 Å². The summed E-state index contributed by atoms with van der Waals surface area (Å²) in [5.74, 6) is -0.312. The highest BCUT2D eigenvalue weighted by Crippen LogP contribution is 2.27. The Labute approximate surface area is 180 Å². The number of amides is 1. The number of rotatable bonds is 5. The third-order valence-corrected chi connectivity index (χ3v) is 5.62. The quantitative estimate of drug-likeness (QED) is 0.419. The van der Waals surface area contributed by atoms with E-state index in [2.05, 4.69) is 10.3 Å². The van der Waals surface area contributed by atoms with E-state index >= 15 is 0 Å². The van der Waals surface area contributed by atoms with Crippen LogP contribution in [0.5, 0.6) is 0 Å². The summed E-state index contributed by atoms with van der Waals surface area (Å²) in [6.45, 7) is 0. The molecule has 0 aliphatic carbocycles. The van der Waals surface area contributed by atoms with E-state index in [-0.39, 0.29) is 5.91 Å². The number of hydrogen-bond acceptors (Lipinski definition) is 3. The predicted molar refractivity (Wildman–Crippen MR) is 116 cm³/mol. The normalized spacial score (nSPS) is 11.1. The molecule has 0 saturated carbocycles. The lowest BCUT2D eigenvalue weighted by atomic mass is 10.1. The highest BCUT2D eigenvalue weighted by atomic mass is 35.5. The van der Waals surface area contributed by atoms with Gasteiger partial charge in [0.05, 0.1) is 0 Å². The second-order valence-electron chi connectivity index (χ2n) is 5.53. The van der Waals surface area contributed by atoms with E-state index in [1.54, 1.807) is 42.6 Å². The van der Waals surface area contributed by atoms with Crippen LogP contribution in [0.3, 0.4) is 0 Å². The Bertz CT molecular complexity index is 1020. The van der Waals surface area contributed by atoms with Crippen LogP contribution in [0.4, 0.5) is 5.13 Å². The van der Waals surface area contributed by atoms with E-state index in [0.29, 0.717) is 37.2 Å². The molecular weight excluding hydrogens is 446 g/mol. The zero-order valence-corrected chi connectivity index (χ0v) is 17.5. The minimum atomic E-state index is -0.312. The maximum Gasteiger partial charge on any atom is 0.250 e. The monoisotopic (exact) mass is 456 g/mol. The van der Waals surface area contributed by atoms with Crippen molar-refractivity contribution < 1.29 is 4.79 Å². The Kier molecular flexibility index (Phi) is 6.79. The molecule has 0 atom stereocenters. The lowest BCUT2D eigenvalue weighted by molar-refractivity contribution is -0.111. The molecule has 1 aromatic heterocycles. The van der Waals surface area contributed by atoms with Gasteiger partial charge in [-0.05, 0) is 53.6 Å². The standard InChI is InChI=1S/C19H12Cl4N2OS/c20-13-2-4-16(22)11(7-13)1-6-18(26)25-19-24-10-15(27-19)9-12-8-14(21)3-5-17(12)23/h1-8,10H,9H2,(H,24,25,26). The minimum Gasteiger partial charge on any atom is -0.298 e. The van der Waals surface area contributed by atoms with E-state index in [9.17, 15) is 4.79 Å². The van der Waals surface area contributed by atoms with Gasteiger partial charge in [-0.3, -0.25) is 10.1 Å². The molecule has 0 aliphatic rings. The summed E-state index contributed by atoms with van der Waals surface area (Å²) in [5, 5.41) is 5.54. The second kappa shape index (κ2) is 9.09. The van der Waals surface area contributed by atoms with Crippen molar-refractivity contribution in [2.45, 2.75) is 6.42 Å². The number of nitrogens with zero attached hydrogens (tertiary/aromatic N) is 1. The maximum absolute atomic E-state index is 12.1. The van der Waals surface area contributed by atoms with Gasteiger partial charge in [0, 0.05) is 43.7 Å². The van der Waals surface area contributed by atoms with Gasteiger partial charge in [0.1, 0.15) is 0 Å². The average molecular weight is 458 g/mol. The van der Waals surface area contributed by atoms with Crippen molar-refractivity contribution in [2.24, 2.45) is 0 Å². The summed E-state index contributed by atoms with van der Waals surface area (Å²) in [4.78, 5) is 17.3. The fourth-order valence-electron chi connectivity index (χ4n) is 2.27. The molecule has 1 N–H and O–H groups in total. The van der Waals surface area contributed by atoms with Crippen molar-refractivity contribution in [3.63, 3.8) is 0 Å². The van der Waals surface area contributed by atoms with E-state index < -0.39 is 0 Å². The largest absolute Gasteiger partial charge is 0.298 e. The molecule has 138 valence electrons. The van der Waals surface area contributed by atoms with Crippen LogP contribution in [-0.2, 0) is 11.2 Å². The summed E-state index contributed by atoms with van der Waals surface area (Å²) in [6, 6.07) is 10.4. The Morgan fingerprint density at radius 1 is 1.04 bits per heavy atom. The smallest absolute Gasteiger partial charge is 0.250 e. The van der Waals surface area contributed by atoms with Gasteiger partial charge in [-0.1, -0.05) is 46.4 Å². The molecule has 2 aromatic carbocycles.